The van der Waals surface area contributed by atoms with E-state index in [0.717, 1.165) is 0 Å². The summed E-state index contributed by atoms with van der Waals surface area (Å²) in [6.07, 6.45) is 0. The Morgan fingerprint density at radius 2 is 0.667 bits per heavy atom. The molecule has 6 heteroatoms. The molecule has 0 unspecified atom stereocenters. The molecule has 0 atom stereocenters. The van der Waals surface area contributed by atoms with Crippen molar-refractivity contribution in [3.63, 3.8) is 0 Å². The molecule has 0 aliphatic rings. The van der Waals surface area contributed by atoms with Crippen LogP contribution in [0.5, 0.6) is 0 Å². The normalized spacial score (nSPS) is 4.67. The summed E-state index contributed by atoms with van der Waals surface area (Å²) in [5.74, 6) is 0. The second-order valence-electron chi connectivity index (χ2n) is 0.143. The molecule has 0 amide bonds. The van der Waals surface area contributed by atoms with E-state index >= 15 is 0 Å². The third-order valence-electron chi connectivity index (χ3n) is 0. The van der Waals surface area contributed by atoms with Gasteiger partial charge in [-0.15, -0.1) is 0 Å². The van der Waals surface area contributed by atoms with Crippen LogP contribution in [0.4, 0.5) is 0 Å². The Bertz CT molecular complexity index is 7.51. The molecule has 0 fully saturated rings. The van der Waals surface area contributed by atoms with E-state index in [-0.39, 0.29) is 0 Å². The summed E-state index contributed by atoms with van der Waals surface area (Å²) >= 11 is -1.94. The molecule has 0 nitrogen and oxygen atoms in total. The van der Waals surface area contributed by atoms with Crippen molar-refractivity contribution in [2.75, 3.05) is 0 Å². The van der Waals surface area contributed by atoms with Crippen molar-refractivity contribution in [2.45, 2.75) is 0 Å². The molecule has 0 aromatic carbocycles. The number of hydrogen-bond acceptors (Lipinski definition) is 0. The van der Waals surface area contributed by atoms with Crippen LogP contribution in [0, 0.1) is 0 Å². The average Bonchev–Trinajstić information content (AvgIpc) is 1.39. The van der Waals surface area contributed by atoms with Crippen molar-refractivity contribution in [3.05, 3.63) is 0 Å². The first-order valence-electron chi connectivity index (χ1n) is 0.756. The van der Waals surface area contributed by atoms with Crippen LogP contribution in [-0.4, -0.2) is 0 Å². The van der Waals surface area contributed by atoms with Gasteiger partial charge in [0.25, 0.3) is 0 Å². The summed E-state index contributed by atoms with van der Waals surface area (Å²) in [5.41, 5.74) is 0. The molecule has 0 aliphatic heterocycles. The fourth-order valence-corrected chi connectivity index (χ4v) is 0. The predicted molar refractivity (Wildman–Crippen MR) is 23.4 cm³/mol. The van der Waals surface area contributed by atoms with Crippen LogP contribution in [0.15, 0.2) is 0 Å². The predicted octanol–water partition coefficient (Wildman–Crippen LogP) is 2.75. The maximum absolute atomic E-state index is 4.96. The Morgan fingerprint density at radius 3 is 0.667 bits per heavy atom. The van der Waals surface area contributed by atoms with Gasteiger partial charge in [0, 0.05) is 0 Å². The molecule has 0 radical (unpaired) electrons. The molecule has 0 bridgehead atoms. The van der Waals surface area contributed by atoms with Crippen LogP contribution in [-0.2, 0) is 41.1 Å². The minimum absolute atomic E-state index is 0.972. The van der Waals surface area contributed by atoms with Gasteiger partial charge in [-0.25, -0.2) is 0 Å². The van der Waals surface area contributed by atoms with E-state index < -0.39 is 41.1 Å². The summed E-state index contributed by atoms with van der Waals surface area (Å²) in [6.45, 7) is 0. The fourth-order valence-electron chi connectivity index (χ4n) is 0. The minimum atomic E-state index is -0.972. The van der Waals surface area contributed by atoms with Crippen LogP contribution in [0.2, 0.25) is 0 Å². The van der Waals surface area contributed by atoms with E-state index in [9.17, 15) is 0 Å². The summed E-state index contributed by atoms with van der Waals surface area (Å²) in [5, 5.41) is 0. The van der Waals surface area contributed by atoms with Crippen LogP contribution in [0.1, 0.15) is 0 Å². The van der Waals surface area contributed by atoms with Gasteiger partial charge < -0.3 is 0 Å². The van der Waals surface area contributed by atoms with E-state index in [4.69, 9.17) is 34.3 Å². The van der Waals surface area contributed by atoms with Crippen molar-refractivity contribution >= 4 is 34.3 Å². The van der Waals surface area contributed by atoms with Crippen molar-refractivity contribution in [1.82, 2.24) is 0 Å². The van der Waals surface area contributed by atoms with E-state index in [1.54, 1.807) is 0 Å². The molecule has 0 heterocycles. The van der Waals surface area contributed by atoms with Crippen molar-refractivity contribution in [2.24, 2.45) is 0 Å². The zero-order chi connectivity index (χ0) is 5.41. The van der Waals surface area contributed by atoms with Gasteiger partial charge in [0.15, 0.2) is 0 Å². The second kappa shape index (κ2) is 15.7. The Balaban J connectivity index is 0. The molecule has 0 N–H and O–H groups in total. The Labute approximate surface area is 73.9 Å². The SMILES string of the molecule is [Cl][Hf][Cl].[Cl][Hf][Cl]. The van der Waals surface area contributed by atoms with Gasteiger partial charge in [-0.1, -0.05) is 0 Å². The van der Waals surface area contributed by atoms with Crippen LogP contribution in [0.25, 0.3) is 0 Å². The molecule has 0 saturated heterocycles. The molecule has 0 aliphatic carbocycles. The zero-order valence-corrected chi connectivity index (χ0v) is 12.7. The molecule has 0 rings (SSSR count). The number of rotatable bonds is 0. The van der Waals surface area contributed by atoms with Gasteiger partial charge in [0.2, 0.25) is 0 Å². The number of hydrogen-bond donors (Lipinski definition) is 0. The first-order chi connectivity index (χ1) is 2.83. The first-order valence-corrected chi connectivity index (χ1v) is 18.6. The quantitative estimate of drug-likeness (QED) is 0.451. The van der Waals surface area contributed by atoms with Gasteiger partial charge >= 0.3 is 75.4 Å². The van der Waals surface area contributed by atoms with E-state index in [2.05, 4.69) is 0 Å². The Hall–Kier alpha value is 2.90. The Kier molecular flexibility index (Phi) is 30.5. The van der Waals surface area contributed by atoms with Gasteiger partial charge in [-0.3, -0.25) is 0 Å². The van der Waals surface area contributed by atoms with E-state index in [0.29, 0.717) is 0 Å². The fraction of sp³-hybridized carbons (Fsp3) is 0. The van der Waals surface area contributed by atoms with Crippen molar-refractivity contribution in [3.8, 4) is 0 Å². The van der Waals surface area contributed by atoms with Gasteiger partial charge in [0.1, 0.15) is 0 Å². The average molecular weight is 499 g/mol. The molecule has 0 aromatic heterocycles. The standard InChI is InChI=1S/4ClH.2Hf/h4*1H;;/q;;;;2*+2/p-4. The molecule has 0 spiro atoms. The van der Waals surface area contributed by atoms with E-state index in [1.165, 1.54) is 0 Å². The third kappa shape index (κ3) is 28.6. The third-order valence-corrected chi connectivity index (χ3v) is 0. The molecule has 0 aromatic rings. The first kappa shape index (κ1) is 11.7. The summed E-state index contributed by atoms with van der Waals surface area (Å²) in [7, 11) is 19.8. The summed E-state index contributed by atoms with van der Waals surface area (Å²) < 4.78 is 0. The molecule has 0 saturated carbocycles. The molecular formula is Cl4Hf2. The van der Waals surface area contributed by atoms with Gasteiger partial charge in [-0.05, 0) is 0 Å². The molecule has 6 heavy (non-hydrogen) atoms. The van der Waals surface area contributed by atoms with Gasteiger partial charge in [-0.2, -0.15) is 0 Å². The zero-order valence-electron chi connectivity index (χ0n) is 2.51. The van der Waals surface area contributed by atoms with Crippen LogP contribution in [0.3, 0.4) is 0 Å². The molecular weight excluding hydrogens is 499 g/mol. The van der Waals surface area contributed by atoms with Crippen molar-refractivity contribution < 1.29 is 41.1 Å². The van der Waals surface area contributed by atoms with Crippen LogP contribution >= 0.6 is 34.3 Å². The topological polar surface area (TPSA) is 0 Å². The second-order valence-corrected chi connectivity index (χ2v) is 10.5. The Morgan fingerprint density at radius 1 is 0.667 bits per heavy atom. The number of halogens is 4. The monoisotopic (exact) mass is 500 g/mol. The van der Waals surface area contributed by atoms with Gasteiger partial charge in [0.05, 0.1) is 0 Å². The van der Waals surface area contributed by atoms with Crippen LogP contribution < -0.4 is 0 Å². The summed E-state index contributed by atoms with van der Waals surface area (Å²) in [4.78, 5) is 0. The van der Waals surface area contributed by atoms with E-state index in [1.807, 2.05) is 0 Å². The van der Waals surface area contributed by atoms with Crippen molar-refractivity contribution in [1.29, 1.82) is 0 Å². The maximum atomic E-state index is 4.96. The summed E-state index contributed by atoms with van der Waals surface area (Å²) in [6, 6.07) is 0. The molecule has 36 valence electrons.